The highest BCUT2D eigenvalue weighted by atomic mass is 35.5. The molecule has 2 rings (SSSR count). The fourth-order valence-corrected chi connectivity index (χ4v) is 2.52. The molecule has 1 heterocycles. The molecule has 1 aromatic heterocycles. The first-order chi connectivity index (χ1) is 9.06. The smallest absolute Gasteiger partial charge is 0.115 e. The van der Waals surface area contributed by atoms with Crippen molar-refractivity contribution in [3.05, 3.63) is 34.5 Å². The molecular weight excluding hydrogens is 281 g/mol. The van der Waals surface area contributed by atoms with Crippen LogP contribution < -0.4 is 5.73 Å². The Bertz CT molecular complexity index is 651. The van der Waals surface area contributed by atoms with Crippen LogP contribution in [0.25, 0.3) is 10.9 Å². The van der Waals surface area contributed by atoms with Crippen LogP contribution in [-0.2, 0) is 6.42 Å². The maximum atomic E-state index is 6.44. The van der Waals surface area contributed by atoms with Gasteiger partial charge in [-0.15, -0.1) is 11.6 Å². The fourth-order valence-electron chi connectivity index (χ4n) is 2.04. The van der Waals surface area contributed by atoms with Gasteiger partial charge < -0.3 is 5.73 Å². The number of aromatic nitrogens is 1. The number of benzene rings is 1. The lowest BCUT2D eigenvalue weighted by molar-refractivity contribution is 1.07. The molecule has 100 valence electrons. The van der Waals surface area contributed by atoms with Gasteiger partial charge in [0, 0.05) is 11.1 Å². The van der Waals surface area contributed by atoms with Crippen LogP contribution in [0, 0.1) is 6.92 Å². The first-order valence-corrected chi connectivity index (χ1v) is 6.95. The Labute approximate surface area is 122 Å². The van der Waals surface area contributed by atoms with Gasteiger partial charge >= 0.3 is 0 Å². The van der Waals surface area contributed by atoms with Gasteiger partial charge in [-0.1, -0.05) is 18.5 Å². The molecule has 0 aliphatic heterocycles. The van der Waals surface area contributed by atoms with Gasteiger partial charge in [0.25, 0.3) is 0 Å². The second-order valence-electron chi connectivity index (χ2n) is 4.28. The third-order valence-electron chi connectivity index (χ3n) is 2.97. The van der Waals surface area contributed by atoms with Crippen LogP contribution in [0.1, 0.15) is 18.2 Å². The summed E-state index contributed by atoms with van der Waals surface area (Å²) in [7, 11) is 0. The van der Waals surface area contributed by atoms with E-state index in [4.69, 9.17) is 28.9 Å². The summed E-state index contributed by atoms with van der Waals surface area (Å²) >= 11 is 12.1. The van der Waals surface area contributed by atoms with Crippen molar-refractivity contribution in [1.82, 2.24) is 4.98 Å². The molecular formula is C14H15Cl2N3. The number of aryl methyl sites for hydroxylation is 1. The predicted octanol–water partition coefficient (Wildman–Crippen LogP) is 3.99. The van der Waals surface area contributed by atoms with Crippen molar-refractivity contribution < 1.29 is 0 Å². The van der Waals surface area contributed by atoms with E-state index in [0.29, 0.717) is 5.84 Å². The van der Waals surface area contributed by atoms with Gasteiger partial charge in [-0.25, -0.2) is 4.99 Å². The van der Waals surface area contributed by atoms with Crippen LogP contribution in [0.3, 0.4) is 0 Å². The van der Waals surface area contributed by atoms with Crippen molar-refractivity contribution in [2.24, 2.45) is 10.7 Å². The Morgan fingerprint density at radius 1 is 1.42 bits per heavy atom. The average molecular weight is 296 g/mol. The van der Waals surface area contributed by atoms with E-state index in [0.717, 1.165) is 39.3 Å². The first kappa shape index (κ1) is 14.1. The maximum absolute atomic E-state index is 6.44. The summed E-state index contributed by atoms with van der Waals surface area (Å²) in [6.45, 7) is 4.04. The number of hydrogen-bond acceptors (Lipinski definition) is 2. The van der Waals surface area contributed by atoms with E-state index in [-0.39, 0.29) is 5.88 Å². The van der Waals surface area contributed by atoms with Gasteiger partial charge in [-0.3, -0.25) is 4.98 Å². The van der Waals surface area contributed by atoms with E-state index in [9.17, 15) is 0 Å². The van der Waals surface area contributed by atoms with Crippen LogP contribution in [-0.4, -0.2) is 16.7 Å². The summed E-state index contributed by atoms with van der Waals surface area (Å²) in [5.41, 5.74) is 9.28. The van der Waals surface area contributed by atoms with Gasteiger partial charge in [-0.2, -0.15) is 0 Å². The van der Waals surface area contributed by atoms with Crippen LogP contribution in [0.15, 0.2) is 23.2 Å². The molecule has 0 bridgehead atoms. The minimum absolute atomic E-state index is 0.206. The molecule has 2 aromatic rings. The second-order valence-corrected chi connectivity index (χ2v) is 4.93. The zero-order chi connectivity index (χ0) is 14.0. The molecule has 0 fully saturated rings. The lowest BCUT2D eigenvalue weighted by atomic mass is 10.1. The van der Waals surface area contributed by atoms with E-state index in [1.807, 2.05) is 25.1 Å². The number of pyridine rings is 1. The topological polar surface area (TPSA) is 51.3 Å². The highest BCUT2D eigenvalue weighted by Crippen LogP contribution is 2.31. The van der Waals surface area contributed by atoms with E-state index in [1.165, 1.54) is 0 Å². The van der Waals surface area contributed by atoms with E-state index in [2.05, 4.69) is 16.9 Å². The second kappa shape index (κ2) is 5.76. The molecule has 5 heteroatoms. The lowest BCUT2D eigenvalue weighted by Gasteiger charge is -2.09. The van der Waals surface area contributed by atoms with E-state index >= 15 is 0 Å². The number of rotatable bonds is 3. The maximum Gasteiger partial charge on any atom is 0.115 e. The highest BCUT2D eigenvalue weighted by Gasteiger charge is 2.10. The van der Waals surface area contributed by atoms with Crippen molar-refractivity contribution in [3.8, 4) is 0 Å². The number of alkyl halides is 1. The minimum atomic E-state index is 0.206. The van der Waals surface area contributed by atoms with E-state index in [1.54, 1.807) is 0 Å². The molecule has 0 saturated carbocycles. The van der Waals surface area contributed by atoms with Crippen LogP contribution in [0.5, 0.6) is 0 Å². The van der Waals surface area contributed by atoms with Crippen molar-refractivity contribution in [1.29, 1.82) is 0 Å². The molecule has 0 amide bonds. The molecule has 0 radical (unpaired) electrons. The minimum Gasteiger partial charge on any atom is -0.386 e. The molecule has 3 nitrogen and oxygen atoms in total. The van der Waals surface area contributed by atoms with Gasteiger partial charge in [0.2, 0.25) is 0 Å². The Morgan fingerprint density at radius 3 is 2.79 bits per heavy atom. The number of nitrogens with zero attached hydrogens (tertiary/aromatic N) is 2. The first-order valence-electron chi connectivity index (χ1n) is 6.04. The number of nitrogens with two attached hydrogens (primary N) is 1. The Morgan fingerprint density at radius 2 is 2.16 bits per heavy atom. The quantitative estimate of drug-likeness (QED) is 0.529. The largest absolute Gasteiger partial charge is 0.386 e. The average Bonchev–Trinajstić information content (AvgIpc) is 2.40. The molecule has 2 N–H and O–H groups in total. The highest BCUT2D eigenvalue weighted by molar-refractivity contribution is 6.36. The summed E-state index contributed by atoms with van der Waals surface area (Å²) in [5.74, 6) is 0.589. The molecule has 0 spiro atoms. The van der Waals surface area contributed by atoms with Gasteiger partial charge in [0.1, 0.15) is 5.84 Å². The fraction of sp³-hybridized carbons (Fsp3) is 0.286. The Kier molecular flexibility index (Phi) is 4.27. The third kappa shape index (κ3) is 2.82. The monoisotopic (exact) mass is 295 g/mol. The van der Waals surface area contributed by atoms with Gasteiger partial charge in [0.15, 0.2) is 0 Å². The van der Waals surface area contributed by atoms with Crippen molar-refractivity contribution >= 4 is 45.6 Å². The molecule has 0 aliphatic rings. The molecule has 0 saturated heterocycles. The van der Waals surface area contributed by atoms with Crippen molar-refractivity contribution in [3.63, 3.8) is 0 Å². The molecule has 1 aromatic carbocycles. The number of halogens is 2. The lowest BCUT2D eigenvalue weighted by Crippen LogP contribution is -2.12. The molecule has 19 heavy (non-hydrogen) atoms. The summed E-state index contributed by atoms with van der Waals surface area (Å²) in [5, 5.41) is 1.64. The summed E-state index contributed by atoms with van der Waals surface area (Å²) in [6.07, 6.45) is 0.852. The van der Waals surface area contributed by atoms with Crippen LogP contribution >= 0.6 is 23.2 Å². The standard InChI is InChI=1S/C14H15Cl2N3/c1-3-10-8(2)18-12-5-4-9(19-13(17)7-15)6-11(12)14(10)16/h4-6H,3,7H2,1-2H3,(H2,17,19). The summed E-state index contributed by atoms with van der Waals surface area (Å²) in [4.78, 5) is 8.78. The molecule has 0 atom stereocenters. The Hall–Kier alpha value is -1.32. The Balaban J connectivity index is 2.65. The number of fused-ring (bicyclic) bond motifs is 1. The SMILES string of the molecule is CCc1c(C)nc2ccc(N=C(N)CCl)cc2c1Cl. The van der Waals surface area contributed by atoms with Gasteiger partial charge in [0.05, 0.1) is 22.1 Å². The zero-order valence-corrected chi connectivity index (χ0v) is 12.4. The van der Waals surface area contributed by atoms with Crippen molar-refractivity contribution in [2.75, 3.05) is 5.88 Å². The third-order valence-corrected chi connectivity index (χ3v) is 3.68. The van der Waals surface area contributed by atoms with Crippen LogP contribution in [0.4, 0.5) is 5.69 Å². The van der Waals surface area contributed by atoms with Crippen molar-refractivity contribution in [2.45, 2.75) is 20.3 Å². The summed E-state index contributed by atoms with van der Waals surface area (Å²) in [6, 6.07) is 5.65. The summed E-state index contributed by atoms with van der Waals surface area (Å²) < 4.78 is 0. The zero-order valence-electron chi connectivity index (χ0n) is 10.9. The van der Waals surface area contributed by atoms with Gasteiger partial charge in [-0.05, 0) is 37.1 Å². The number of amidine groups is 1. The van der Waals surface area contributed by atoms with Crippen LogP contribution in [0.2, 0.25) is 5.02 Å². The molecule has 0 unspecified atom stereocenters. The van der Waals surface area contributed by atoms with E-state index < -0.39 is 0 Å². The number of aliphatic imine (C=N–C) groups is 1. The normalized spacial score (nSPS) is 12.1. The predicted molar refractivity (Wildman–Crippen MR) is 82.9 cm³/mol. The molecule has 0 aliphatic carbocycles. The number of hydrogen-bond donors (Lipinski definition) is 1.